The van der Waals surface area contributed by atoms with Crippen molar-refractivity contribution in [2.24, 2.45) is 17.8 Å². The number of allylic oxidation sites excluding steroid dienone is 2. The Morgan fingerprint density at radius 1 is 0.857 bits per heavy atom. The van der Waals surface area contributed by atoms with Gasteiger partial charge in [-0.2, -0.15) is 0 Å². The van der Waals surface area contributed by atoms with E-state index in [1.54, 1.807) is 6.08 Å². The SMILES string of the molecule is Cc1cc([C@H]2C3=CC[C@@H]4C(=O)NC(=O)[C@@H]4[C@@H]3C[C@@]3(Cl)C(=O)N(c4c(F)c(F)c(F)c(F)c4F)C(=O)[C@@]23Cl)cc(C)c1O. The second-order valence-electron chi connectivity index (χ2n) is 11.0. The highest BCUT2D eigenvalue weighted by atomic mass is 35.5. The molecule has 3 fully saturated rings. The van der Waals surface area contributed by atoms with Crippen LogP contribution in [0.3, 0.4) is 0 Å². The van der Waals surface area contributed by atoms with Gasteiger partial charge in [0.05, 0.1) is 11.8 Å². The van der Waals surface area contributed by atoms with Crippen molar-refractivity contribution in [3.05, 3.63) is 69.6 Å². The number of aromatic hydroxyl groups is 1. The number of anilines is 1. The molecule has 0 radical (unpaired) electrons. The Bertz CT molecular complexity index is 1660. The molecule has 220 valence electrons. The molecule has 0 spiro atoms. The third-order valence-electron chi connectivity index (χ3n) is 8.91. The zero-order valence-corrected chi connectivity index (χ0v) is 23.1. The Morgan fingerprint density at radius 3 is 1.98 bits per heavy atom. The van der Waals surface area contributed by atoms with Crippen LogP contribution in [0.1, 0.15) is 35.4 Å². The number of benzene rings is 2. The molecule has 2 heterocycles. The summed E-state index contributed by atoms with van der Waals surface area (Å²) in [7, 11) is 0. The van der Waals surface area contributed by atoms with E-state index in [0.29, 0.717) is 16.7 Å². The lowest BCUT2D eigenvalue weighted by Gasteiger charge is -2.50. The van der Waals surface area contributed by atoms with Gasteiger partial charge >= 0.3 is 0 Å². The predicted molar refractivity (Wildman–Crippen MR) is 137 cm³/mol. The number of phenolic OH excluding ortho intramolecular Hbond substituents is 1. The Hall–Kier alpha value is -3.51. The van der Waals surface area contributed by atoms with Gasteiger partial charge in [0.2, 0.25) is 17.6 Å². The molecule has 2 saturated heterocycles. The number of carbonyl (C=O) groups is 4. The zero-order chi connectivity index (χ0) is 30.8. The summed E-state index contributed by atoms with van der Waals surface area (Å²) in [4.78, 5) is 48.1. The first-order valence-corrected chi connectivity index (χ1v) is 13.5. The standard InChI is InChI=1S/C28H19Cl2F5N2O5/c1-8-5-10(6-9(2)22(8)38)15-11-3-4-12-14(24(40)36-23(12)39)13(11)7-27(29)25(41)37(26(42)28(15,27)30)21-19(34)17(32)16(31)18(33)20(21)35/h3,5-6,12-15,38H,4,7H2,1-2H3,(H,36,39,40)/t12-,13+,14-,15-,27+,28-/m0/s1. The summed E-state index contributed by atoms with van der Waals surface area (Å²) < 4.78 is 72.3. The summed E-state index contributed by atoms with van der Waals surface area (Å²) >= 11 is 14.0. The van der Waals surface area contributed by atoms with E-state index in [2.05, 4.69) is 5.32 Å². The highest BCUT2D eigenvalue weighted by molar-refractivity contribution is 6.58. The molecule has 4 amide bonds. The maximum absolute atomic E-state index is 15.0. The van der Waals surface area contributed by atoms with Crippen LogP contribution in [0, 0.1) is 60.7 Å². The number of rotatable bonds is 2. The Kier molecular flexibility index (Phi) is 6.13. The van der Waals surface area contributed by atoms with Gasteiger partial charge in [0.1, 0.15) is 11.4 Å². The highest BCUT2D eigenvalue weighted by Gasteiger charge is 2.77. The minimum Gasteiger partial charge on any atom is -0.507 e. The van der Waals surface area contributed by atoms with Gasteiger partial charge in [0.25, 0.3) is 11.8 Å². The molecule has 14 heteroatoms. The van der Waals surface area contributed by atoms with Crippen LogP contribution in [0.25, 0.3) is 0 Å². The molecule has 42 heavy (non-hydrogen) atoms. The van der Waals surface area contributed by atoms with Crippen LogP contribution >= 0.6 is 23.2 Å². The molecule has 6 atom stereocenters. The minimum atomic E-state index is -2.60. The molecule has 2 aromatic carbocycles. The maximum Gasteiger partial charge on any atom is 0.258 e. The lowest BCUT2D eigenvalue weighted by molar-refractivity contribution is -0.127. The van der Waals surface area contributed by atoms with Gasteiger partial charge in [-0.25, -0.2) is 26.9 Å². The number of phenols is 1. The van der Waals surface area contributed by atoms with Crippen LogP contribution < -0.4 is 10.2 Å². The monoisotopic (exact) mass is 628 g/mol. The second kappa shape index (κ2) is 9.00. The predicted octanol–water partition coefficient (Wildman–Crippen LogP) is 4.56. The average Bonchev–Trinajstić information content (AvgIpc) is 3.31. The topological polar surface area (TPSA) is 104 Å². The van der Waals surface area contributed by atoms with E-state index >= 15 is 0 Å². The summed E-state index contributed by atoms with van der Waals surface area (Å²) in [5.74, 6) is -20.8. The first-order valence-electron chi connectivity index (χ1n) is 12.7. The van der Waals surface area contributed by atoms with Gasteiger partial charge in [-0.05, 0) is 49.3 Å². The smallest absolute Gasteiger partial charge is 0.258 e. The van der Waals surface area contributed by atoms with Gasteiger partial charge < -0.3 is 5.11 Å². The fourth-order valence-electron chi connectivity index (χ4n) is 7.01. The van der Waals surface area contributed by atoms with E-state index in [-0.39, 0.29) is 22.6 Å². The molecule has 2 aliphatic heterocycles. The van der Waals surface area contributed by atoms with Crippen LogP contribution in [0.15, 0.2) is 23.8 Å². The number of nitrogens with zero attached hydrogens (tertiary/aromatic N) is 1. The molecule has 7 nitrogen and oxygen atoms in total. The molecular formula is C28H19Cl2F5N2O5. The first-order chi connectivity index (χ1) is 19.6. The zero-order valence-electron chi connectivity index (χ0n) is 21.6. The van der Waals surface area contributed by atoms with E-state index in [1.165, 1.54) is 26.0 Å². The van der Waals surface area contributed by atoms with Gasteiger partial charge in [0, 0.05) is 5.92 Å². The number of imide groups is 2. The molecule has 6 rings (SSSR count). The summed E-state index contributed by atoms with van der Waals surface area (Å²) in [5, 5.41) is 12.6. The Morgan fingerprint density at radius 2 is 1.40 bits per heavy atom. The van der Waals surface area contributed by atoms with E-state index in [4.69, 9.17) is 23.2 Å². The molecule has 2 aliphatic carbocycles. The van der Waals surface area contributed by atoms with Crippen LogP contribution in [-0.4, -0.2) is 38.5 Å². The maximum atomic E-state index is 15.0. The average molecular weight is 629 g/mol. The molecule has 2 N–H and O–H groups in total. The van der Waals surface area contributed by atoms with Crippen LogP contribution in [-0.2, 0) is 19.2 Å². The molecule has 1 saturated carbocycles. The molecule has 4 aliphatic rings. The fraction of sp³-hybridized carbons (Fsp3) is 0.357. The number of aryl methyl sites for hydroxylation is 2. The number of hydrogen-bond acceptors (Lipinski definition) is 5. The number of fused-ring (bicyclic) bond motifs is 4. The highest BCUT2D eigenvalue weighted by Crippen LogP contribution is 2.65. The van der Waals surface area contributed by atoms with E-state index in [9.17, 15) is 46.2 Å². The normalized spacial score (nSPS) is 32.0. The summed E-state index contributed by atoms with van der Waals surface area (Å²) in [5.41, 5.74) is -0.635. The minimum absolute atomic E-state index is 0.0480. The van der Waals surface area contributed by atoms with Crippen molar-refractivity contribution in [1.82, 2.24) is 5.32 Å². The number of alkyl halides is 2. The third-order valence-corrected chi connectivity index (χ3v) is 10.3. The lowest BCUT2D eigenvalue weighted by atomic mass is 9.56. The van der Waals surface area contributed by atoms with Gasteiger partial charge in [-0.3, -0.25) is 24.5 Å². The van der Waals surface area contributed by atoms with Crippen molar-refractivity contribution in [2.75, 3.05) is 4.90 Å². The number of amides is 4. The largest absolute Gasteiger partial charge is 0.507 e. The van der Waals surface area contributed by atoms with Crippen molar-refractivity contribution in [2.45, 2.75) is 42.4 Å². The number of carbonyl (C=O) groups excluding carboxylic acids is 4. The fourth-order valence-corrected chi connectivity index (χ4v) is 7.94. The molecule has 0 bridgehead atoms. The lowest BCUT2D eigenvalue weighted by Crippen LogP contribution is -2.60. The summed E-state index contributed by atoms with van der Waals surface area (Å²) in [6.07, 6.45) is 1.06. The molecule has 0 unspecified atom stereocenters. The third kappa shape index (κ3) is 3.33. The van der Waals surface area contributed by atoms with Crippen LogP contribution in [0.4, 0.5) is 27.6 Å². The first kappa shape index (κ1) is 28.6. The molecule has 2 aromatic rings. The number of nitrogens with one attached hydrogen (secondary N) is 1. The van der Waals surface area contributed by atoms with Crippen LogP contribution in [0.5, 0.6) is 5.75 Å². The van der Waals surface area contributed by atoms with Crippen molar-refractivity contribution in [3.63, 3.8) is 0 Å². The van der Waals surface area contributed by atoms with Gasteiger partial charge in [-0.15, -0.1) is 23.2 Å². The van der Waals surface area contributed by atoms with Gasteiger partial charge in [-0.1, -0.05) is 23.8 Å². The summed E-state index contributed by atoms with van der Waals surface area (Å²) in [6.45, 7) is 3.08. The number of hydrogen-bond donors (Lipinski definition) is 2. The quantitative estimate of drug-likeness (QED) is 0.127. The van der Waals surface area contributed by atoms with E-state index < -0.39 is 98.2 Å². The number of halogens is 7. The van der Waals surface area contributed by atoms with E-state index in [0.717, 1.165) is 0 Å². The Labute approximate surface area is 244 Å². The van der Waals surface area contributed by atoms with Crippen molar-refractivity contribution >= 4 is 52.5 Å². The van der Waals surface area contributed by atoms with Crippen LogP contribution in [0.2, 0.25) is 0 Å². The van der Waals surface area contributed by atoms with Crippen molar-refractivity contribution in [3.8, 4) is 5.75 Å². The second-order valence-corrected chi connectivity index (χ2v) is 12.3. The molecule has 0 aromatic heterocycles. The summed E-state index contributed by atoms with van der Waals surface area (Å²) in [6, 6.07) is 2.89. The van der Waals surface area contributed by atoms with Crippen molar-refractivity contribution < 1.29 is 46.2 Å². The molecular weight excluding hydrogens is 610 g/mol. The van der Waals surface area contributed by atoms with Crippen molar-refractivity contribution in [1.29, 1.82) is 0 Å². The van der Waals surface area contributed by atoms with E-state index in [1.807, 2.05) is 0 Å². The van der Waals surface area contributed by atoms with Gasteiger partial charge in [0.15, 0.2) is 33.0 Å². The Balaban J connectivity index is 1.63.